The summed E-state index contributed by atoms with van der Waals surface area (Å²) in [6, 6.07) is 0.504. The first-order chi connectivity index (χ1) is 8.53. The van der Waals surface area contributed by atoms with Crippen LogP contribution in [0.25, 0.3) is 0 Å². The van der Waals surface area contributed by atoms with Gasteiger partial charge in [0.25, 0.3) is 0 Å². The quantitative estimate of drug-likeness (QED) is 0.777. The van der Waals surface area contributed by atoms with Gasteiger partial charge in [0, 0.05) is 19.2 Å². The van der Waals surface area contributed by atoms with Crippen molar-refractivity contribution in [3.63, 3.8) is 0 Å². The summed E-state index contributed by atoms with van der Waals surface area (Å²) in [7, 11) is 2.17. The molecule has 1 spiro atoms. The van der Waals surface area contributed by atoms with Crippen molar-refractivity contribution in [3.05, 3.63) is 0 Å². The molecule has 3 nitrogen and oxygen atoms in total. The average molecular weight is 253 g/mol. The summed E-state index contributed by atoms with van der Waals surface area (Å²) >= 11 is 0. The summed E-state index contributed by atoms with van der Waals surface area (Å²) in [5.41, 5.74) is -0.274. The highest BCUT2D eigenvalue weighted by molar-refractivity contribution is 5.02. The zero-order valence-corrected chi connectivity index (χ0v) is 11.8. The minimum atomic E-state index is -0.432. The van der Waals surface area contributed by atoms with E-state index in [0.717, 1.165) is 38.8 Å². The number of aliphatic hydroxyl groups is 1. The third kappa shape index (κ3) is 2.10. The van der Waals surface area contributed by atoms with Gasteiger partial charge in [0.15, 0.2) is 0 Å². The molecular weight excluding hydrogens is 226 g/mol. The van der Waals surface area contributed by atoms with Gasteiger partial charge in [0.05, 0.1) is 11.2 Å². The lowest BCUT2D eigenvalue weighted by Gasteiger charge is -2.53. The van der Waals surface area contributed by atoms with E-state index in [-0.39, 0.29) is 5.60 Å². The molecule has 1 aliphatic carbocycles. The molecule has 3 aliphatic rings. The molecule has 1 N–H and O–H groups in total. The van der Waals surface area contributed by atoms with E-state index in [9.17, 15) is 5.11 Å². The molecule has 104 valence electrons. The van der Waals surface area contributed by atoms with Crippen LogP contribution in [0.5, 0.6) is 0 Å². The monoisotopic (exact) mass is 253 g/mol. The lowest BCUT2D eigenvalue weighted by molar-refractivity contribution is -0.186. The van der Waals surface area contributed by atoms with Crippen molar-refractivity contribution < 1.29 is 9.84 Å². The van der Waals surface area contributed by atoms with E-state index in [0.29, 0.717) is 12.0 Å². The Morgan fingerprint density at radius 3 is 2.61 bits per heavy atom. The van der Waals surface area contributed by atoms with Crippen LogP contribution in [0, 0.1) is 5.92 Å². The second kappa shape index (κ2) is 4.46. The standard InChI is InChI=1S/C15H27NO2/c1-12-10-15(17,7-8-16(12)2)13-4-9-18-14(11-13)5-3-6-14/h12-13,17H,3-11H2,1-2H3. The fraction of sp³-hybridized carbons (Fsp3) is 1.00. The van der Waals surface area contributed by atoms with Crippen LogP contribution in [-0.2, 0) is 4.74 Å². The second-order valence-corrected chi connectivity index (χ2v) is 6.96. The predicted octanol–water partition coefficient (Wildman–Crippen LogP) is 2.18. The van der Waals surface area contributed by atoms with Gasteiger partial charge in [-0.2, -0.15) is 0 Å². The Kier molecular flexibility index (Phi) is 3.20. The Morgan fingerprint density at radius 2 is 2.00 bits per heavy atom. The number of nitrogens with zero attached hydrogens (tertiary/aromatic N) is 1. The van der Waals surface area contributed by atoms with E-state index in [4.69, 9.17) is 4.74 Å². The summed E-state index contributed by atoms with van der Waals surface area (Å²) < 4.78 is 5.99. The van der Waals surface area contributed by atoms with Crippen molar-refractivity contribution in [1.82, 2.24) is 4.90 Å². The van der Waals surface area contributed by atoms with Gasteiger partial charge in [0.2, 0.25) is 0 Å². The summed E-state index contributed by atoms with van der Waals surface area (Å²) in [6.07, 6.45) is 7.77. The molecule has 3 unspecified atom stereocenters. The zero-order valence-electron chi connectivity index (χ0n) is 11.8. The van der Waals surface area contributed by atoms with E-state index < -0.39 is 5.60 Å². The fourth-order valence-electron chi connectivity index (χ4n) is 4.14. The van der Waals surface area contributed by atoms with Crippen LogP contribution in [0.15, 0.2) is 0 Å². The van der Waals surface area contributed by atoms with Gasteiger partial charge in [-0.3, -0.25) is 0 Å². The highest BCUT2D eigenvalue weighted by Gasteiger charge is 2.50. The van der Waals surface area contributed by atoms with Gasteiger partial charge in [-0.15, -0.1) is 0 Å². The van der Waals surface area contributed by atoms with Crippen molar-refractivity contribution in [2.45, 2.75) is 69.1 Å². The fourth-order valence-corrected chi connectivity index (χ4v) is 4.14. The van der Waals surface area contributed by atoms with Crippen LogP contribution < -0.4 is 0 Å². The maximum atomic E-state index is 11.1. The molecule has 0 aromatic heterocycles. The third-order valence-electron chi connectivity index (χ3n) is 5.82. The van der Waals surface area contributed by atoms with Gasteiger partial charge in [-0.05, 0) is 64.8 Å². The largest absolute Gasteiger partial charge is 0.389 e. The van der Waals surface area contributed by atoms with Crippen molar-refractivity contribution >= 4 is 0 Å². The summed E-state index contributed by atoms with van der Waals surface area (Å²) in [5, 5.41) is 11.1. The molecule has 3 rings (SSSR count). The molecule has 2 heterocycles. The van der Waals surface area contributed by atoms with Crippen LogP contribution in [0.1, 0.15) is 51.9 Å². The Hall–Kier alpha value is -0.120. The Balaban J connectivity index is 1.69. The van der Waals surface area contributed by atoms with E-state index in [1.807, 2.05) is 0 Å². The molecule has 0 bridgehead atoms. The molecule has 3 atom stereocenters. The Labute approximate surface area is 110 Å². The number of likely N-dealkylation sites (tertiary alicyclic amines) is 1. The van der Waals surface area contributed by atoms with Crippen molar-refractivity contribution in [2.75, 3.05) is 20.2 Å². The molecule has 3 heteroatoms. The summed E-state index contributed by atoms with van der Waals surface area (Å²) in [6.45, 7) is 4.13. The van der Waals surface area contributed by atoms with E-state index in [1.165, 1.54) is 19.3 Å². The summed E-state index contributed by atoms with van der Waals surface area (Å²) in [5.74, 6) is 0.461. The van der Waals surface area contributed by atoms with Crippen molar-refractivity contribution in [2.24, 2.45) is 5.92 Å². The number of hydrogen-bond acceptors (Lipinski definition) is 3. The second-order valence-electron chi connectivity index (χ2n) is 6.96. The van der Waals surface area contributed by atoms with E-state index >= 15 is 0 Å². The Bertz CT molecular complexity index is 316. The molecule has 18 heavy (non-hydrogen) atoms. The molecule has 0 amide bonds. The van der Waals surface area contributed by atoms with Gasteiger partial charge in [-0.1, -0.05) is 0 Å². The van der Waals surface area contributed by atoms with E-state index in [1.54, 1.807) is 0 Å². The number of hydrogen-bond donors (Lipinski definition) is 1. The van der Waals surface area contributed by atoms with Crippen molar-refractivity contribution in [1.29, 1.82) is 0 Å². The molecule has 0 radical (unpaired) electrons. The van der Waals surface area contributed by atoms with Crippen molar-refractivity contribution in [3.8, 4) is 0 Å². The first-order valence-corrected chi connectivity index (χ1v) is 7.60. The molecule has 1 saturated carbocycles. The molecule has 2 saturated heterocycles. The minimum Gasteiger partial charge on any atom is -0.389 e. The average Bonchev–Trinajstić information content (AvgIpc) is 2.33. The SMILES string of the molecule is CC1CC(O)(C2CCOC3(CCC3)C2)CCN1C. The van der Waals surface area contributed by atoms with Gasteiger partial charge in [0.1, 0.15) is 0 Å². The van der Waals surface area contributed by atoms with Crippen LogP contribution >= 0.6 is 0 Å². The maximum Gasteiger partial charge on any atom is 0.0704 e. The lowest BCUT2D eigenvalue weighted by atomic mass is 9.65. The maximum absolute atomic E-state index is 11.1. The lowest BCUT2D eigenvalue weighted by Crippen LogP contribution is -2.56. The first kappa shape index (κ1) is 12.9. The molecule has 0 aromatic rings. The number of ether oxygens (including phenoxy) is 1. The smallest absolute Gasteiger partial charge is 0.0704 e. The molecular formula is C15H27NO2. The number of piperidine rings is 1. The predicted molar refractivity (Wildman–Crippen MR) is 71.5 cm³/mol. The third-order valence-corrected chi connectivity index (χ3v) is 5.82. The summed E-state index contributed by atoms with van der Waals surface area (Å²) in [4.78, 5) is 2.37. The molecule has 0 aromatic carbocycles. The van der Waals surface area contributed by atoms with Gasteiger partial charge < -0.3 is 14.7 Å². The van der Waals surface area contributed by atoms with Crippen LogP contribution in [0.4, 0.5) is 0 Å². The molecule has 3 fully saturated rings. The first-order valence-electron chi connectivity index (χ1n) is 7.60. The normalized spacial score (nSPS) is 44.8. The van der Waals surface area contributed by atoms with Crippen LogP contribution in [0.2, 0.25) is 0 Å². The van der Waals surface area contributed by atoms with Crippen LogP contribution in [-0.4, -0.2) is 47.4 Å². The van der Waals surface area contributed by atoms with E-state index in [2.05, 4.69) is 18.9 Å². The minimum absolute atomic E-state index is 0.158. The molecule has 2 aliphatic heterocycles. The van der Waals surface area contributed by atoms with Gasteiger partial charge >= 0.3 is 0 Å². The highest BCUT2D eigenvalue weighted by atomic mass is 16.5. The highest BCUT2D eigenvalue weighted by Crippen LogP contribution is 2.49. The zero-order chi connectivity index (χ0) is 12.8. The van der Waals surface area contributed by atoms with Gasteiger partial charge in [-0.25, -0.2) is 0 Å². The number of rotatable bonds is 1. The van der Waals surface area contributed by atoms with Crippen LogP contribution in [0.3, 0.4) is 0 Å². The topological polar surface area (TPSA) is 32.7 Å². The Morgan fingerprint density at radius 1 is 1.22 bits per heavy atom.